The number of carbonyl (C=O) groups is 1. The minimum absolute atomic E-state index is 0. The molecule has 1 aliphatic rings. The summed E-state index contributed by atoms with van der Waals surface area (Å²) in [4.78, 5) is 18.9. The maximum atomic E-state index is 12.8. The van der Waals surface area contributed by atoms with Crippen molar-refractivity contribution in [1.29, 1.82) is 0 Å². The summed E-state index contributed by atoms with van der Waals surface area (Å²) in [6.07, 6.45) is 3.04. The van der Waals surface area contributed by atoms with Crippen LogP contribution in [0.15, 0.2) is 54.9 Å². The number of hydrogen-bond donors (Lipinski definition) is 1. The Bertz CT molecular complexity index is 639. The summed E-state index contributed by atoms with van der Waals surface area (Å²) >= 11 is 0. The van der Waals surface area contributed by atoms with Gasteiger partial charge in [-0.1, -0.05) is 24.3 Å². The number of nitrogens with one attached hydrogen (secondary N) is 1. The largest absolute Gasteiger partial charge is 0.481 e. The van der Waals surface area contributed by atoms with Gasteiger partial charge in [-0.15, -0.1) is 12.4 Å². The number of amides is 1. The molecule has 3 rings (SSSR count). The lowest BCUT2D eigenvalue weighted by atomic mass is 10.0. The van der Waals surface area contributed by atoms with Gasteiger partial charge in [0.1, 0.15) is 5.75 Å². The molecule has 1 amide bonds. The standard InChI is InChI=1S/C18H21N3O2.ClH/c1-14(23-16-7-3-2-4-8-16)18(22)21-11-10-20-13-17(21)15-6-5-9-19-12-15;/h2-9,12,14,17,20H,10-11,13H2,1H3;1H. The summed E-state index contributed by atoms with van der Waals surface area (Å²) in [5.41, 5.74) is 1.04. The zero-order valence-electron chi connectivity index (χ0n) is 13.6. The lowest BCUT2D eigenvalue weighted by Crippen LogP contribution is -2.52. The second kappa shape index (κ2) is 8.66. The molecule has 0 bridgehead atoms. The van der Waals surface area contributed by atoms with Crippen molar-refractivity contribution < 1.29 is 9.53 Å². The van der Waals surface area contributed by atoms with E-state index in [0.717, 1.165) is 18.7 Å². The van der Waals surface area contributed by atoms with Gasteiger partial charge in [-0.2, -0.15) is 0 Å². The molecule has 1 fully saturated rings. The first kappa shape index (κ1) is 18.2. The molecule has 6 heteroatoms. The molecule has 1 N–H and O–H groups in total. The molecule has 1 aliphatic heterocycles. The van der Waals surface area contributed by atoms with Crippen LogP contribution < -0.4 is 10.1 Å². The third kappa shape index (κ3) is 4.24. The average molecular weight is 348 g/mol. The van der Waals surface area contributed by atoms with Gasteiger partial charge in [0.2, 0.25) is 0 Å². The van der Waals surface area contributed by atoms with Crippen molar-refractivity contribution in [3.8, 4) is 5.75 Å². The van der Waals surface area contributed by atoms with Crippen LogP contribution >= 0.6 is 12.4 Å². The van der Waals surface area contributed by atoms with Crippen LogP contribution in [0.3, 0.4) is 0 Å². The van der Waals surface area contributed by atoms with Crippen LogP contribution in [0.5, 0.6) is 5.75 Å². The molecule has 128 valence electrons. The highest BCUT2D eigenvalue weighted by Crippen LogP contribution is 2.23. The highest BCUT2D eigenvalue weighted by molar-refractivity contribution is 5.85. The fourth-order valence-electron chi connectivity index (χ4n) is 2.83. The summed E-state index contributed by atoms with van der Waals surface area (Å²) in [6.45, 7) is 3.99. The van der Waals surface area contributed by atoms with E-state index in [1.165, 1.54) is 0 Å². The van der Waals surface area contributed by atoms with Gasteiger partial charge in [0, 0.05) is 32.0 Å². The molecule has 0 saturated carbocycles. The summed E-state index contributed by atoms with van der Waals surface area (Å²) in [5.74, 6) is 0.714. The second-order valence-electron chi connectivity index (χ2n) is 5.61. The Hall–Kier alpha value is -2.11. The summed E-state index contributed by atoms with van der Waals surface area (Å²) in [6, 6.07) is 13.3. The van der Waals surface area contributed by atoms with E-state index in [-0.39, 0.29) is 24.4 Å². The molecule has 0 spiro atoms. The Morgan fingerprint density at radius 1 is 1.29 bits per heavy atom. The molecular weight excluding hydrogens is 326 g/mol. The first-order valence-electron chi connectivity index (χ1n) is 7.88. The molecule has 5 nitrogen and oxygen atoms in total. The third-order valence-electron chi connectivity index (χ3n) is 4.00. The van der Waals surface area contributed by atoms with E-state index < -0.39 is 6.10 Å². The number of hydrogen-bond acceptors (Lipinski definition) is 4. The van der Waals surface area contributed by atoms with E-state index in [4.69, 9.17) is 4.74 Å². The Balaban J connectivity index is 0.00000208. The molecule has 2 heterocycles. The predicted molar refractivity (Wildman–Crippen MR) is 95.3 cm³/mol. The molecule has 1 aromatic carbocycles. The fraction of sp³-hybridized carbons (Fsp3) is 0.333. The van der Waals surface area contributed by atoms with Crippen LogP contribution in [0.1, 0.15) is 18.5 Å². The first-order chi connectivity index (χ1) is 11.3. The number of carbonyl (C=O) groups excluding carboxylic acids is 1. The number of benzene rings is 1. The normalized spacial score (nSPS) is 18.4. The number of rotatable bonds is 4. The lowest BCUT2D eigenvalue weighted by Gasteiger charge is -2.37. The fourth-order valence-corrected chi connectivity index (χ4v) is 2.83. The molecule has 1 saturated heterocycles. The number of piperazine rings is 1. The van der Waals surface area contributed by atoms with Crippen LogP contribution in [-0.4, -0.2) is 41.5 Å². The van der Waals surface area contributed by atoms with Crippen molar-refractivity contribution in [3.63, 3.8) is 0 Å². The van der Waals surface area contributed by atoms with E-state index in [1.54, 1.807) is 13.1 Å². The second-order valence-corrected chi connectivity index (χ2v) is 5.61. The molecule has 1 aromatic heterocycles. The molecule has 2 unspecified atom stereocenters. The summed E-state index contributed by atoms with van der Waals surface area (Å²) in [7, 11) is 0. The maximum Gasteiger partial charge on any atom is 0.263 e. The van der Waals surface area contributed by atoms with Crippen LogP contribution in [0, 0.1) is 0 Å². The van der Waals surface area contributed by atoms with Crippen molar-refractivity contribution in [2.75, 3.05) is 19.6 Å². The van der Waals surface area contributed by atoms with Gasteiger partial charge in [0.15, 0.2) is 6.10 Å². The average Bonchev–Trinajstić information content (AvgIpc) is 2.62. The van der Waals surface area contributed by atoms with E-state index >= 15 is 0 Å². The predicted octanol–water partition coefficient (Wildman–Crippen LogP) is 2.44. The smallest absolute Gasteiger partial charge is 0.263 e. The van der Waals surface area contributed by atoms with Crippen molar-refractivity contribution in [3.05, 3.63) is 60.4 Å². The van der Waals surface area contributed by atoms with Gasteiger partial charge in [-0.05, 0) is 30.7 Å². The Morgan fingerprint density at radius 3 is 2.79 bits per heavy atom. The number of halogens is 1. The molecule has 0 radical (unpaired) electrons. The van der Waals surface area contributed by atoms with E-state index in [0.29, 0.717) is 12.3 Å². The number of nitrogens with zero attached hydrogens (tertiary/aromatic N) is 2. The molecular formula is C18H22ClN3O2. The van der Waals surface area contributed by atoms with Gasteiger partial charge >= 0.3 is 0 Å². The Morgan fingerprint density at radius 2 is 2.08 bits per heavy atom. The molecule has 2 aromatic rings. The van der Waals surface area contributed by atoms with Gasteiger partial charge in [0.25, 0.3) is 5.91 Å². The molecule has 24 heavy (non-hydrogen) atoms. The van der Waals surface area contributed by atoms with Crippen LogP contribution in [0.2, 0.25) is 0 Å². The minimum Gasteiger partial charge on any atom is -0.481 e. The zero-order chi connectivity index (χ0) is 16.1. The minimum atomic E-state index is -0.519. The SMILES string of the molecule is CC(Oc1ccccc1)C(=O)N1CCNCC1c1cccnc1.Cl. The molecule has 0 aliphatic carbocycles. The Kier molecular flexibility index (Phi) is 6.58. The number of para-hydroxylation sites is 1. The Labute approximate surface area is 148 Å². The van der Waals surface area contributed by atoms with Gasteiger partial charge in [-0.3, -0.25) is 9.78 Å². The van der Waals surface area contributed by atoms with E-state index in [2.05, 4.69) is 10.3 Å². The highest BCUT2D eigenvalue weighted by Gasteiger charge is 2.31. The third-order valence-corrected chi connectivity index (χ3v) is 4.00. The highest BCUT2D eigenvalue weighted by atomic mass is 35.5. The number of pyridine rings is 1. The lowest BCUT2D eigenvalue weighted by molar-refractivity contribution is -0.141. The van der Waals surface area contributed by atoms with Gasteiger partial charge < -0.3 is 15.0 Å². The van der Waals surface area contributed by atoms with Crippen molar-refractivity contribution in [2.24, 2.45) is 0 Å². The van der Waals surface area contributed by atoms with E-state index in [1.807, 2.05) is 53.6 Å². The molecule has 2 atom stereocenters. The van der Waals surface area contributed by atoms with E-state index in [9.17, 15) is 4.79 Å². The number of aromatic nitrogens is 1. The summed E-state index contributed by atoms with van der Waals surface area (Å²) in [5, 5.41) is 3.34. The van der Waals surface area contributed by atoms with Gasteiger partial charge in [-0.25, -0.2) is 0 Å². The van der Waals surface area contributed by atoms with Crippen molar-refractivity contribution in [2.45, 2.75) is 19.1 Å². The maximum absolute atomic E-state index is 12.8. The topological polar surface area (TPSA) is 54.5 Å². The quantitative estimate of drug-likeness (QED) is 0.923. The van der Waals surface area contributed by atoms with Crippen LogP contribution in [0.4, 0.5) is 0 Å². The zero-order valence-corrected chi connectivity index (χ0v) is 14.4. The summed E-state index contributed by atoms with van der Waals surface area (Å²) < 4.78 is 5.79. The van der Waals surface area contributed by atoms with Crippen LogP contribution in [-0.2, 0) is 4.79 Å². The first-order valence-corrected chi connectivity index (χ1v) is 7.88. The van der Waals surface area contributed by atoms with Crippen molar-refractivity contribution >= 4 is 18.3 Å². The monoisotopic (exact) mass is 347 g/mol. The van der Waals surface area contributed by atoms with Crippen molar-refractivity contribution in [1.82, 2.24) is 15.2 Å². The van der Waals surface area contributed by atoms with Gasteiger partial charge in [0.05, 0.1) is 6.04 Å². The number of ether oxygens (including phenoxy) is 1. The van der Waals surface area contributed by atoms with Crippen LogP contribution in [0.25, 0.3) is 0 Å².